The van der Waals surface area contributed by atoms with E-state index in [2.05, 4.69) is 24.4 Å². The van der Waals surface area contributed by atoms with E-state index in [-0.39, 0.29) is 17.7 Å². The van der Waals surface area contributed by atoms with Crippen LogP contribution in [0.1, 0.15) is 92.1 Å². The molecule has 0 radical (unpaired) electrons. The monoisotopic (exact) mass is 382 g/mol. The van der Waals surface area contributed by atoms with Gasteiger partial charge in [0.05, 0.1) is 0 Å². The van der Waals surface area contributed by atoms with Crippen LogP contribution in [0.3, 0.4) is 0 Å². The maximum Gasteiger partial charge on any atom is 0.255 e. The van der Waals surface area contributed by atoms with Crippen LogP contribution in [0.25, 0.3) is 0 Å². The Bertz CT molecular complexity index is 788. The Morgan fingerprint density at radius 3 is 2.57 bits per heavy atom. The molecular formula is C23H30N2O3. The largest absolute Gasteiger partial charge is 0.322 e. The summed E-state index contributed by atoms with van der Waals surface area (Å²) in [6.45, 7) is 2.83. The van der Waals surface area contributed by atoms with Gasteiger partial charge >= 0.3 is 0 Å². The first-order chi connectivity index (χ1) is 13.5. The van der Waals surface area contributed by atoms with Gasteiger partial charge in [-0.15, -0.1) is 0 Å². The molecule has 0 spiro atoms. The fourth-order valence-electron chi connectivity index (χ4n) is 5.11. The fraction of sp³-hybridized carbons (Fsp3) is 0.609. The lowest BCUT2D eigenvalue weighted by atomic mass is 9.84. The minimum absolute atomic E-state index is 0.0844. The van der Waals surface area contributed by atoms with E-state index in [1.165, 1.54) is 50.5 Å². The van der Waals surface area contributed by atoms with E-state index < -0.39 is 6.04 Å². The normalized spacial score (nSPS) is 29.0. The molecule has 1 saturated carbocycles. The summed E-state index contributed by atoms with van der Waals surface area (Å²) in [5.41, 5.74) is 3.08. The lowest BCUT2D eigenvalue weighted by molar-refractivity contribution is -0.136. The molecule has 3 amide bonds. The predicted molar refractivity (Wildman–Crippen MR) is 107 cm³/mol. The zero-order valence-corrected chi connectivity index (χ0v) is 16.7. The van der Waals surface area contributed by atoms with E-state index in [0.29, 0.717) is 30.9 Å². The number of rotatable bonds is 2. The van der Waals surface area contributed by atoms with Crippen molar-refractivity contribution < 1.29 is 14.4 Å². The number of imide groups is 1. The first kappa shape index (κ1) is 19.2. The molecule has 2 heterocycles. The maximum atomic E-state index is 12.9. The second-order valence-electron chi connectivity index (χ2n) is 8.85. The zero-order valence-electron chi connectivity index (χ0n) is 16.7. The van der Waals surface area contributed by atoms with Gasteiger partial charge in [-0.05, 0) is 48.3 Å². The number of hydrogen-bond donors (Lipinski definition) is 1. The van der Waals surface area contributed by atoms with Crippen LogP contribution in [-0.2, 0) is 16.1 Å². The molecule has 3 atom stereocenters. The van der Waals surface area contributed by atoms with Gasteiger partial charge in [-0.2, -0.15) is 0 Å². The number of benzene rings is 1. The highest BCUT2D eigenvalue weighted by atomic mass is 16.2. The Labute approximate surface area is 166 Å². The molecule has 1 saturated heterocycles. The van der Waals surface area contributed by atoms with E-state index in [0.717, 1.165) is 11.5 Å². The van der Waals surface area contributed by atoms with Gasteiger partial charge in [-0.3, -0.25) is 19.7 Å². The molecule has 1 aliphatic carbocycles. The number of piperidine rings is 1. The zero-order chi connectivity index (χ0) is 19.7. The van der Waals surface area contributed by atoms with E-state index in [9.17, 15) is 14.4 Å². The van der Waals surface area contributed by atoms with Gasteiger partial charge in [0.15, 0.2) is 0 Å². The quantitative estimate of drug-likeness (QED) is 0.789. The average Bonchev–Trinajstić information content (AvgIpc) is 3.03. The van der Waals surface area contributed by atoms with Crippen molar-refractivity contribution in [2.45, 2.75) is 83.2 Å². The summed E-state index contributed by atoms with van der Waals surface area (Å²) >= 11 is 0. The Balaban J connectivity index is 1.53. The maximum absolute atomic E-state index is 12.9. The van der Waals surface area contributed by atoms with Gasteiger partial charge in [0.2, 0.25) is 11.8 Å². The van der Waals surface area contributed by atoms with Crippen LogP contribution in [0, 0.1) is 5.92 Å². The second kappa shape index (κ2) is 8.06. The third-order valence-corrected chi connectivity index (χ3v) is 6.71. The summed E-state index contributed by atoms with van der Waals surface area (Å²) < 4.78 is 0. The van der Waals surface area contributed by atoms with E-state index >= 15 is 0 Å². The van der Waals surface area contributed by atoms with Crippen molar-refractivity contribution >= 4 is 17.7 Å². The summed E-state index contributed by atoms with van der Waals surface area (Å²) in [6, 6.07) is 5.75. The smallest absolute Gasteiger partial charge is 0.255 e. The lowest BCUT2D eigenvalue weighted by Crippen LogP contribution is -2.52. The van der Waals surface area contributed by atoms with E-state index in [4.69, 9.17) is 0 Å². The molecule has 3 unspecified atom stereocenters. The number of nitrogens with one attached hydrogen (secondary N) is 1. The summed E-state index contributed by atoms with van der Waals surface area (Å²) in [7, 11) is 0. The van der Waals surface area contributed by atoms with Crippen molar-refractivity contribution in [1.82, 2.24) is 10.2 Å². The minimum Gasteiger partial charge on any atom is -0.322 e. The Hall–Kier alpha value is -2.17. The Morgan fingerprint density at radius 1 is 1.00 bits per heavy atom. The first-order valence-electron chi connectivity index (χ1n) is 10.8. The lowest BCUT2D eigenvalue weighted by Gasteiger charge is -2.29. The minimum atomic E-state index is -0.536. The molecule has 5 nitrogen and oxygen atoms in total. The number of nitrogens with zero attached hydrogens (tertiary/aromatic N) is 1. The average molecular weight is 383 g/mol. The molecule has 150 valence electrons. The standard InChI is InChI=1S/C23H30N2O3/c1-15-6-4-2-3-5-7-16(12-15)17-8-9-19-18(13-17)14-25(23(19)28)20-10-11-21(26)24-22(20)27/h8-9,13,15-16,20H,2-7,10-12,14H2,1H3,(H,24,26,27). The van der Waals surface area contributed by atoms with Crippen molar-refractivity contribution in [2.75, 3.05) is 0 Å². The van der Waals surface area contributed by atoms with Crippen molar-refractivity contribution in [3.05, 3.63) is 34.9 Å². The van der Waals surface area contributed by atoms with Crippen LogP contribution < -0.4 is 5.32 Å². The molecule has 2 aliphatic heterocycles. The van der Waals surface area contributed by atoms with Crippen molar-refractivity contribution in [3.8, 4) is 0 Å². The molecule has 0 aromatic heterocycles. The molecule has 1 aromatic rings. The molecule has 3 aliphatic rings. The molecule has 2 fully saturated rings. The molecule has 1 aromatic carbocycles. The van der Waals surface area contributed by atoms with E-state index in [1.807, 2.05) is 6.07 Å². The number of carbonyl (C=O) groups is 3. The van der Waals surface area contributed by atoms with Crippen molar-refractivity contribution in [3.63, 3.8) is 0 Å². The predicted octanol–water partition coefficient (Wildman–Crippen LogP) is 3.91. The number of fused-ring (bicyclic) bond motifs is 1. The second-order valence-corrected chi connectivity index (χ2v) is 8.85. The summed E-state index contributed by atoms with van der Waals surface area (Å²) in [6.07, 6.45) is 9.72. The molecule has 4 rings (SSSR count). The topological polar surface area (TPSA) is 66.5 Å². The van der Waals surface area contributed by atoms with Gasteiger partial charge in [-0.25, -0.2) is 0 Å². The first-order valence-corrected chi connectivity index (χ1v) is 10.8. The molecule has 1 N–H and O–H groups in total. The third kappa shape index (κ3) is 3.85. The highest BCUT2D eigenvalue weighted by Crippen LogP contribution is 2.36. The van der Waals surface area contributed by atoms with Crippen LogP contribution in [0.5, 0.6) is 0 Å². The molecule has 28 heavy (non-hydrogen) atoms. The van der Waals surface area contributed by atoms with Crippen LogP contribution >= 0.6 is 0 Å². The van der Waals surface area contributed by atoms with Crippen LogP contribution in [0.2, 0.25) is 0 Å². The van der Waals surface area contributed by atoms with Gasteiger partial charge in [0.1, 0.15) is 6.04 Å². The summed E-state index contributed by atoms with van der Waals surface area (Å²) in [5.74, 6) is 0.611. The van der Waals surface area contributed by atoms with E-state index in [1.54, 1.807) is 4.90 Å². The number of amides is 3. The SMILES string of the molecule is CC1CCCCCCC(c2ccc3c(c2)CN(C2CCC(=O)NC2=O)C3=O)C1. The highest BCUT2D eigenvalue weighted by molar-refractivity contribution is 6.05. The van der Waals surface area contributed by atoms with Gasteiger partial charge in [0, 0.05) is 18.5 Å². The number of carbonyl (C=O) groups excluding carboxylic acids is 3. The van der Waals surface area contributed by atoms with Crippen LogP contribution in [-0.4, -0.2) is 28.7 Å². The third-order valence-electron chi connectivity index (χ3n) is 6.71. The van der Waals surface area contributed by atoms with Crippen molar-refractivity contribution in [2.24, 2.45) is 5.92 Å². The Morgan fingerprint density at radius 2 is 1.79 bits per heavy atom. The molecule has 5 heteroatoms. The Kier molecular flexibility index (Phi) is 5.51. The highest BCUT2D eigenvalue weighted by Gasteiger charge is 2.39. The van der Waals surface area contributed by atoms with Crippen LogP contribution in [0.15, 0.2) is 18.2 Å². The summed E-state index contributed by atoms with van der Waals surface area (Å²) in [5, 5.41) is 2.37. The number of hydrogen-bond acceptors (Lipinski definition) is 3. The van der Waals surface area contributed by atoms with Gasteiger partial charge < -0.3 is 4.90 Å². The molecule has 0 bridgehead atoms. The van der Waals surface area contributed by atoms with Gasteiger partial charge in [-0.1, -0.05) is 51.2 Å². The summed E-state index contributed by atoms with van der Waals surface area (Å²) in [4.78, 5) is 38.1. The molecular weight excluding hydrogens is 352 g/mol. The fourth-order valence-corrected chi connectivity index (χ4v) is 5.11. The van der Waals surface area contributed by atoms with Crippen molar-refractivity contribution in [1.29, 1.82) is 0 Å². The van der Waals surface area contributed by atoms with Crippen LogP contribution in [0.4, 0.5) is 0 Å². The van der Waals surface area contributed by atoms with Gasteiger partial charge in [0.25, 0.3) is 5.91 Å².